The third-order valence-electron chi connectivity index (χ3n) is 16.2. The summed E-state index contributed by atoms with van der Waals surface area (Å²) >= 11 is 0. The number of rotatable bonds is 8. The number of benzene rings is 12. The van der Waals surface area contributed by atoms with Crippen molar-refractivity contribution in [3.63, 3.8) is 0 Å². The van der Waals surface area contributed by atoms with Gasteiger partial charge in [0.2, 0.25) is 0 Å². The predicted molar refractivity (Wildman–Crippen MR) is 376 cm³/mol. The maximum absolute atomic E-state index is 12.0. The van der Waals surface area contributed by atoms with Gasteiger partial charge in [-0.1, -0.05) is 224 Å². The van der Waals surface area contributed by atoms with Crippen molar-refractivity contribution in [3.05, 3.63) is 291 Å². The molecule has 0 radical (unpaired) electrons. The molecule has 96 heavy (non-hydrogen) atoms. The van der Waals surface area contributed by atoms with E-state index in [1.54, 1.807) is 42.5 Å². The highest BCUT2D eigenvalue weighted by Gasteiger charge is 2.19. The second-order valence-electron chi connectivity index (χ2n) is 22.3. The Morgan fingerprint density at radius 1 is 0.240 bits per heavy atom. The van der Waals surface area contributed by atoms with Crippen LogP contribution in [0.2, 0.25) is 0 Å². The van der Waals surface area contributed by atoms with E-state index in [2.05, 4.69) is 4.98 Å². The lowest BCUT2D eigenvalue weighted by molar-refractivity contribution is 0.461. The highest BCUT2D eigenvalue weighted by atomic mass is 32.2. The van der Waals surface area contributed by atoms with E-state index < -0.39 is 40.2 Å². The van der Waals surface area contributed by atoms with Crippen molar-refractivity contribution in [3.8, 4) is 45.0 Å². The molecule has 0 saturated carbocycles. The van der Waals surface area contributed by atoms with E-state index in [0.717, 1.165) is 109 Å². The zero-order chi connectivity index (χ0) is 66.9. The second kappa shape index (κ2) is 26.1. The van der Waals surface area contributed by atoms with Crippen LogP contribution in [0.15, 0.2) is 311 Å². The smallest absolute Gasteiger partial charge is 0.175 e. The SMILES string of the molecule is CS(=O)(=O)c1ccc2c(c1)c(-c1ccccc1)nc1ccccc12.O=S(=O)([O-])c1ccc(-c2nc3ccccc3c3ccccc23)cc1.O=S(=O)([O-])c1ccc2c(c1)c(-c1ccccc1)nc1ccccc12.O=S(=O)([O-])c1ccccc1-c1nc2ccccc2c2ccccc12. The van der Waals surface area contributed by atoms with Gasteiger partial charge in [-0.25, -0.2) is 53.6 Å². The fourth-order valence-electron chi connectivity index (χ4n) is 11.8. The molecule has 472 valence electrons. The van der Waals surface area contributed by atoms with E-state index in [9.17, 15) is 47.3 Å². The minimum atomic E-state index is -4.59. The van der Waals surface area contributed by atoms with Crippen molar-refractivity contribution < 1.29 is 47.3 Å². The first-order chi connectivity index (χ1) is 46.2. The summed E-state index contributed by atoms with van der Waals surface area (Å²) in [6.45, 7) is 0. The molecular weight excluding hydrogens is 1290 g/mol. The molecule has 4 heterocycles. The number of sulfone groups is 1. The molecule has 0 atom stereocenters. The first-order valence-corrected chi connectivity index (χ1v) is 35.9. The Morgan fingerprint density at radius 2 is 0.531 bits per heavy atom. The minimum Gasteiger partial charge on any atom is -0.744 e. The molecule has 0 aliphatic rings. The molecule has 15 nitrogen and oxygen atoms in total. The normalized spacial score (nSPS) is 11.9. The van der Waals surface area contributed by atoms with Crippen molar-refractivity contribution in [2.75, 3.05) is 6.26 Å². The molecule has 0 spiro atoms. The predicted octanol–water partition coefficient (Wildman–Crippen LogP) is 16.3. The Morgan fingerprint density at radius 3 is 0.938 bits per heavy atom. The molecule has 12 aromatic carbocycles. The monoisotopic (exact) mass is 1340 g/mol. The lowest BCUT2D eigenvalue weighted by Crippen LogP contribution is -2.02. The van der Waals surface area contributed by atoms with Gasteiger partial charge in [-0.05, 0) is 88.3 Å². The first kappa shape index (κ1) is 63.7. The Balaban J connectivity index is 0.000000116. The Hall–Kier alpha value is -11.0. The van der Waals surface area contributed by atoms with E-state index in [1.165, 1.54) is 42.7 Å². The average molecular weight is 1340 g/mol. The maximum atomic E-state index is 12.0. The zero-order valence-corrected chi connectivity index (χ0v) is 53.9. The van der Waals surface area contributed by atoms with Crippen molar-refractivity contribution in [2.45, 2.75) is 19.6 Å². The fraction of sp³-hybridized carbons (Fsp3) is 0.0130. The van der Waals surface area contributed by atoms with Gasteiger partial charge in [0.05, 0.1) is 64.4 Å². The van der Waals surface area contributed by atoms with Gasteiger partial charge < -0.3 is 13.7 Å². The van der Waals surface area contributed by atoms with Crippen LogP contribution >= 0.6 is 0 Å². The molecular formula is C77H51N4O11S4-3. The summed E-state index contributed by atoms with van der Waals surface area (Å²) in [6, 6.07) is 87.9. The average Bonchev–Trinajstić information content (AvgIpc) is 0.818. The molecule has 0 fully saturated rings. The van der Waals surface area contributed by atoms with Gasteiger partial charge in [-0.2, -0.15) is 0 Å². The number of pyridine rings is 4. The Kier molecular flexibility index (Phi) is 17.3. The first-order valence-electron chi connectivity index (χ1n) is 29.8. The fourth-order valence-corrected chi connectivity index (χ4v) is 14.1. The van der Waals surface area contributed by atoms with Crippen molar-refractivity contribution in [1.82, 2.24) is 19.9 Å². The molecule has 4 aromatic heterocycles. The molecule has 0 aliphatic carbocycles. The molecule has 16 aromatic rings. The van der Waals surface area contributed by atoms with E-state index in [-0.39, 0.29) is 14.7 Å². The summed E-state index contributed by atoms with van der Waals surface area (Å²) < 4.78 is 126. The summed E-state index contributed by atoms with van der Waals surface area (Å²) in [7, 11) is -16.8. The van der Waals surface area contributed by atoms with E-state index in [0.29, 0.717) is 27.2 Å². The van der Waals surface area contributed by atoms with Crippen LogP contribution in [0.25, 0.3) is 132 Å². The van der Waals surface area contributed by atoms with Crippen molar-refractivity contribution in [2.24, 2.45) is 0 Å². The summed E-state index contributed by atoms with van der Waals surface area (Å²) in [5, 5.41) is 11.2. The van der Waals surface area contributed by atoms with Gasteiger partial charge in [0.15, 0.2) is 9.84 Å². The third kappa shape index (κ3) is 13.2. The van der Waals surface area contributed by atoms with E-state index in [1.807, 2.05) is 212 Å². The standard InChI is InChI=1S/C20H15NO2S.3C19H13NO3S/c1-24(22,23)15-11-12-16-17-9-5-6-10-19(17)21-20(18(16)13-15)14-7-3-2-4-8-14;21-24(22,23)18-12-6-4-10-16(18)19-15-9-2-1-7-13(15)14-8-3-5-11-17(14)20-19;21-24(22,23)14-11-9-13(10-12-14)19-17-7-2-1-5-15(17)16-6-3-4-8-18(16)20-19;21-24(22,23)14-10-11-15-16-8-4-5-9-18(16)20-19(17(15)12-14)13-6-2-1-3-7-13/h2-13H,1H3;3*1-12H,(H,21,22,23)/p-3. The van der Waals surface area contributed by atoms with Crippen LogP contribution in [0.1, 0.15) is 0 Å². The number of fused-ring (bicyclic) bond motifs is 12. The largest absolute Gasteiger partial charge is 0.744 e. The number of para-hydroxylation sites is 4. The molecule has 0 aliphatic heterocycles. The lowest BCUT2D eigenvalue weighted by Gasteiger charge is -2.15. The second-order valence-corrected chi connectivity index (χ2v) is 28.4. The highest BCUT2D eigenvalue weighted by molar-refractivity contribution is 7.90. The van der Waals surface area contributed by atoms with Crippen LogP contribution in [0.3, 0.4) is 0 Å². The Bertz CT molecular complexity index is 6020. The lowest BCUT2D eigenvalue weighted by atomic mass is 10.00. The summed E-state index contributed by atoms with van der Waals surface area (Å²) in [5.41, 5.74) is 9.00. The van der Waals surface area contributed by atoms with Crippen LogP contribution in [0.5, 0.6) is 0 Å². The molecule has 16 rings (SSSR count). The van der Waals surface area contributed by atoms with Crippen LogP contribution in [-0.2, 0) is 40.2 Å². The molecule has 0 unspecified atom stereocenters. The minimum absolute atomic E-state index is 0.239. The van der Waals surface area contributed by atoms with E-state index in [4.69, 9.17) is 15.0 Å². The number of hydrogen-bond acceptors (Lipinski definition) is 15. The topological polar surface area (TPSA) is 257 Å². The maximum Gasteiger partial charge on any atom is 0.175 e. The molecule has 0 N–H and O–H groups in total. The van der Waals surface area contributed by atoms with Gasteiger partial charge in [0, 0.05) is 71.6 Å². The van der Waals surface area contributed by atoms with Gasteiger partial charge in [-0.15, -0.1) is 0 Å². The van der Waals surface area contributed by atoms with Crippen LogP contribution in [0.4, 0.5) is 0 Å². The molecule has 19 heteroatoms. The third-order valence-corrected chi connectivity index (χ3v) is 19.9. The van der Waals surface area contributed by atoms with Gasteiger partial charge >= 0.3 is 0 Å². The number of nitrogens with zero attached hydrogens (tertiary/aromatic N) is 4. The number of aromatic nitrogens is 4. The molecule has 0 bridgehead atoms. The van der Waals surface area contributed by atoms with Crippen molar-refractivity contribution >= 4 is 127 Å². The van der Waals surface area contributed by atoms with Gasteiger partial charge in [0.25, 0.3) is 0 Å². The van der Waals surface area contributed by atoms with Crippen LogP contribution in [-0.4, -0.2) is 73.5 Å². The number of hydrogen-bond donors (Lipinski definition) is 0. The quantitative estimate of drug-likeness (QED) is 0.101. The van der Waals surface area contributed by atoms with E-state index >= 15 is 0 Å². The summed E-state index contributed by atoms with van der Waals surface area (Å²) in [4.78, 5) is 18.5. The van der Waals surface area contributed by atoms with Crippen molar-refractivity contribution in [1.29, 1.82) is 0 Å². The molecule has 0 saturated heterocycles. The van der Waals surface area contributed by atoms with Crippen LogP contribution in [0, 0.1) is 0 Å². The molecule has 0 amide bonds. The Labute approximate surface area is 552 Å². The summed E-state index contributed by atoms with van der Waals surface area (Å²) in [5.74, 6) is 0. The summed E-state index contributed by atoms with van der Waals surface area (Å²) in [6.07, 6.45) is 1.23. The highest BCUT2D eigenvalue weighted by Crippen LogP contribution is 2.39. The van der Waals surface area contributed by atoms with Crippen LogP contribution < -0.4 is 0 Å². The van der Waals surface area contributed by atoms with Gasteiger partial charge in [-0.3, -0.25) is 0 Å². The van der Waals surface area contributed by atoms with Gasteiger partial charge in [0.1, 0.15) is 30.4 Å². The zero-order valence-electron chi connectivity index (χ0n) is 50.6.